The average molecular weight is 296 g/mol. The number of hydrogen-bond acceptors (Lipinski definition) is 4. The highest BCUT2D eigenvalue weighted by molar-refractivity contribution is 5.91. The summed E-state index contributed by atoms with van der Waals surface area (Å²) in [5.74, 6) is 0.853. The third-order valence-corrected chi connectivity index (χ3v) is 3.23. The van der Waals surface area contributed by atoms with Crippen LogP contribution in [0.1, 0.15) is 5.56 Å². The van der Waals surface area contributed by atoms with E-state index in [0.29, 0.717) is 11.1 Å². The maximum Gasteiger partial charge on any atom is 0.293 e. The van der Waals surface area contributed by atoms with E-state index in [2.05, 4.69) is 4.98 Å². The van der Waals surface area contributed by atoms with E-state index in [4.69, 9.17) is 4.74 Å². The van der Waals surface area contributed by atoms with Gasteiger partial charge in [-0.2, -0.15) is 0 Å². The van der Waals surface area contributed by atoms with E-state index >= 15 is 0 Å². The lowest BCUT2D eigenvalue weighted by atomic mass is 10.1. The van der Waals surface area contributed by atoms with Gasteiger partial charge < -0.3 is 9.72 Å². The van der Waals surface area contributed by atoms with Crippen LogP contribution in [0.3, 0.4) is 0 Å². The molecule has 1 aromatic heterocycles. The second-order valence-electron chi connectivity index (χ2n) is 4.87. The molecule has 0 radical (unpaired) electrons. The zero-order valence-electron chi connectivity index (χ0n) is 11.7. The van der Waals surface area contributed by atoms with Crippen LogP contribution >= 0.6 is 0 Å². The minimum Gasteiger partial charge on any atom is -0.456 e. The van der Waals surface area contributed by atoms with E-state index in [1.54, 1.807) is 18.2 Å². The zero-order chi connectivity index (χ0) is 15.7. The van der Waals surface area contributed by atoms with Gasteiger partial charge in [0, 0.05) is 17.5 Å². The molecule has 0 spiro atoms. The van der Waals surface area contributed by atoms with E-state index in [1.165, 1.54) is 12.1 Å². The molecule has 0 aliphatic heterocycles. The summed E-state index contributed by atoms with van der Waals surface area (Å²) in [5, 5.41) is 11.6. The normalized spacial score (nSPS) is 10.6. The molecule has 0 saturated carbocycles. The van der Waals surface area contributed by atoms with Crippen LogP contribution in [0.5, 0.6) is 11.5 Å². The Kier molecular flexibility index (Phi) is 3.34. The summed E-state index contributed by atoms with van der Waals surface area (Å²) in [4.78, 5) is 24.8. The summed E-state index contributed by atoms with van der Waals surface area (Å²) in [6.07, 6.45) is 0. The van der Waals surface area contributed by atoms with Crippen LogP contribution in [-0.2, 0) is 0 Å². The molecule has 0 amide bonds. The van der Waals surface area contributed by atoms with Crippen molar-refractivity contribution >= 4 is 16.6 Å². The fraction of sp³-hybridized carbons (Fsp3) is 0.0625. The van der Waals surface area contributed by atoms with E-state index < -0.39 is 10.5 Å². The van der Waals surface area contributed by atoms with Gasteiger partial charge in [-0.15, -0.1) is 0 Å². The topological polar surface area (TPSA) is 85.2 Å². The summed E-state index contributed by atoms with van der Waals surface area (Å²) >= 11 is 0. The number of ether oxygens (including phenoxy) is 1. The first kappa shape index (κ1) is 13.8. The van der Waals surface area contributed by atoms with Gasteiger partial charge in [0.05, 0.1) is 4.92 Å². The molecule has 3 rings (SSSR count). The first-order valence-electron chi connectivity index (χ1n) is 6.59. The molecule has 0 aliphatic rings. The van der Waals surface area contributed by atoms with Crippen LogP contribution in [0.15, 0.2) is 53.3 Å². The van der Waals surface area contributed by atoms with Crippen molar-refractivity contribution in [2.24, 2.45) is 0 Å². The molecule has 0 saturated heterocycles. The maximum absolute atomic E-state index is 11.8. The molecule has 2 aromatic carbocycles. The highest BCUT2D eigenvalue weighted by Crippen LogP contribution is 2.31. The zero-order valence-corrected chi connectivity index (χ0v) is 11.7. The SMILES string of the molecule is Cc1cccc(Oc2cc(=O)[nH]c3c([N+](=O)[O-])cccc23)c1. The number of para-hydroxylation sites is 1. The molecule has 110 valence electrons. The van der Waals surface area contributed by atoms with E-state index in [-0.39, 0.29) is 17.0 Å². The maximum atomic E-state index is 11.8. The molecule has 1 heterocycles. The number of hydrogen-bond donors (Lipinski definition) is 1. The van der Waals surface area contributed by atoms with Gasteiger partial charge in [0.15, 0.2) is 0 Å². The van der Waals surface area contributed by atoms with E-state index in [9.17, 15) is 14.9 Å². The van der Waals surface area contributed by atoms with Crippen LogP contribution in [0, 0.1) is 17.0 Å². The number of nitro groups is 1. The van der Waals surface area contributed by atoms with Gasteiger partial charge in [-0.25, -0.2) is 0 Å². The van der Waals surface area contributed by atoms with Crippen LogP contribution in [0.25, 0.3) is 10.9 Å². The number of benzene rings is 2. The Hall–Kier alpha value is -3.15. The van der Waals surface area contributed by atoms with Gasteiger partial charge in [0.25, 0.3) is 11.2 Å². The van der Waals surface area contributed by atoms with E-state index in [0.717, 1.165) is 5.56 Å². The number of nitrogens with zero attached hydrogens (tertiary/aromatic N) is 1. The number of nitrogens with one attached hydrogen (secondary N) is 1. The predicted octanol–water partition coefficient (Wildman–Crippen LogP) is 3.54. The number of non-ortho nitro benzene ring substituents is 1. The van der Waals surface area contributed by atoms with Crippen molar-refractivity contribution in [1.82, 2.24) is 4.98 Å². The molecule has 3 aromatic rings. The Balaban J connectivity index is 2.19. The molecular weight excluding hydrogens is 284 g/mol. The minimum atomic E-state index is -0.533. The molecule has 6 heteroatoms. The Morgan fingerprint density at radius 1 is 1.14 bits per heavy atom. The van der Waals surface area contributed by atoms with Crippen molar-refractivity contribution in [2.75, 3.05) is 0 Å². The summed E-state index contributed by atoms with van der Waals surface area (Å²) in [5.41, 5.74) is 0.550. The summed E-state index contributed by atoms with van der Waals surface area (Å²) in [6.45, 7) is 1.92. The average Bonchev–Trinajstić information content (AvgIpc) is 2.46. The minimum absolute atomic E-state index is 0.155. The number of fused-ring (bicyclic) bond motifs is 1. The van der Waals surface area contributed by atoms with Crippen molar-refractivity contribution in [1.29, 1.82) is 0 Å². The monoisotopic (exact) mass is 296 g/mol. The smallest absolute Gasteiger partial charge is 0.293 e. The van der Waals surface area contributed by atoms with Gasteiger partial charge in [0.2, 0.25) is 0 Å². The van der Waals surface area contributed by atoms with Crippen LogP contribution < -0.4 is 10.3 Å². The summed E-state index contributed by atoms with van der Waals surface area (Å²) in [7, 11) is 0. The Morgan fingerprint density at radius 2 is 1.91 bits per heavy atom. The Bertz CT molecular complexity index is 931. The number of nitro benzene ring substituents is 1. The number of aromatic amines is 1. The first-order valence-corrected chi connectivity index (χ1v) is 6.59. The van der Waals surface area contributed by atoms with Crippen LogP contribution in [0.4, 0.5) is 5.69 Å². The third-order valence-electron chi connectivity index (χ3n) is 3.23. The van der Waals surface area contributed by atoms with Crippen LogP contribution in [0.2, 0.25) is 0 Å². The van der Waals surface area contributed by atoms with Crippen molar-refractivity contribution in [3.05, 3.63) is 74.6 Å². The van der Waals surface area contributed by atoms with Crippen molar-refractivity contribution in [3.8, 4) is 11.5 Å². The van der Waals surface area contributed by atoms with Gasteiger partial charge in [-0.1, -0.05) is 18.2 Å². The van der Waals surface area contributed by atoms with Gasteiger partial charge in [-0.3, -0.25) is 14.9 Å². The molecule has 0 unspecified atom stereocenters. The molecule has 0 bridgehead atoms. The van der Waals surface area contributed by atoms with Crippen molar-refractivity contribution in [2.45, 2.75) is 6.92 Å². The lowest BCUT2D eigenvalue weighted by Crippen LogP contribution is -2.06. The highest BCUT2D eigenvalue weighted by Gasteiger charge is 2.16. The van der Waals surface area contributed by atoms with Gasteiger partial charge in [0.1, 0.15) is 17.0 Å². The van der Waals surface area contributed by atoms with Gasteiger partial charge >= 0.3 is 0 Å². The molecule has 0 atom stereocenters. The van der Waals surface area contributed by atoms with Crippen LogP contribution in [-0.4, -0.2) is 9.91 Å². The largest absolute Gasteiger partial charge is 0.456 e. The fourth-order valence-corrected chi connectivity index (χ4v) is 2.28. The molecular formula is C16H12N2O4. The molecule has 0 aliphatic carbocycles. The number of aromatic nitrogens is 1. The molecule has 6 nitrogen and oxygen atoms in total. The quantitative estimate of drug-likeness (QED) is 0.591. The second kappa shape index (κ2) is 5.33. The number of H-pyrrole nitrogens is 1. The summed E-state index contributed by atoms with van der Waals surface area (Å²) in [6, 6.07) is 13.2. The Labute approximate surface area is 125 Å². The molecule has 1 N–H and O–H groups in total. The highest BCUT2D eigenvalue weighted by atomic mass is 16.6. The van der Waals surface area contributed by atoms with Crippen molar-refractivity contribution in [3.63, 3.8) is 0 Å². The third kappa shape index (κ3) is 2.54. The standard InChI is InChI=1S/C16H12N2O4/c1-10-4-2-5-11(8-10)22-14-9-15(19)17-16-12(14)6-3-7-13(16)18(20)21/h2-9H,1H3,(H,17,19). The lowest BCUT2D eigenvalue weighted by molar-refractivity contribution is -0.383. The lowest BCUT2D eigenvalue weighted by Gasteiger charge is -2.09. The number of pyridine rings is 1. The summed E-state index contributed by atoms with van der Waals surface area (Å²) < 4.78 is 5.75. The van der Waals surface area contributed by atoms with Gasteiger partial charge in [-0.05, 0) is 30.7 Å². The first-order chi connectivity index (χ1) is 10.5. The number of rotatable bonds is 3. The molecule has 0 fully saturated rings. The predicted molar refractivity (Wildman–Crippen MR) is 82.5 cm³/mol. The number of aryl methyl sites for hydroxylation is 1. The van der Waals surface area contributed by atoms with E-state index in [1.807, 2.05) is 25.1 Å². The molecule has 22 heavy (non-hydrogen) atoms. The second-order valence-corrected chi connectivity index (χ2v) is 4.87. The fourth-order valence-electron chi connectivity index (χ4n) is 2.28. The Morgan fingerprint density at radius 3 is 2.64 bits per heavy atom. The van der Waals surface area contributed by atoms with Crippen molar-refractivity contribution < 1.29 is 9.66 Å².